The summed E-state index contributed by atoms with van der Waals surface area (Å²) in [6.07, 6.45) is 64.6. The van der Waals surface area contributed by atoms with Crippen molar-refractivity contribution in [3.05, 3.63) is 146 Å². The number of amides is 1. The van der Waals surface area contributed by atoms with Gasteiger partial charge in [0.15, 0.2) is 12.4 Å². The monoisotopic (exact) mass is 1070 g/mol. The topological polar surface area (TPSA) is 175 Å². The Morgan fingerprint density at radius 3 is 1.55 bits per heavy atom. The molecule has 0 bridgehead atoms. The van der Waals surface area contributed by atoms with Crippen LogP contribution in [0.5, 0.6) is 0 Å². The van der Waals surface area contributed by atoms with E-state index in [0.717, 1.165) is 89.9 Å². The second-order valence-corrected chi connectivity index (χ2v) is 19.7. The summed E-state index contributed by atoms with van der Waals surface area (Å²) in [7, 11) is 0. The number of rotatable bonds is 47. The largest absolute Gasteiger partial charge is 0.454 e. The van der Waals surface area contributed by atoms with E-state index in [1.807, 2.05) is 60.8 Å². The molecule has 1 saturated heterocycles. The average Bonchev–Trinajstić information content (AvgIpc) is 3.43. The maximum Gasteiger partial charge on any atom is 0.306 e. The van der Waals surface area contributed by atoms with Crippen molar-refractivity contribution in [1.29, 1.82) is 0 Å². The maximum atomic E-state index is 13.4. The number of aliphatic hydroxyl groups is 5. The fourth-order valence-corrected chi connectivity index (χ4v) is 8.21. The minimum Gasteiger partial charge on any atom is -0.454 e. The van der Waals surface area contributed by atoms with Crippen molar-refractivity contribution < 1.29 is 49.3 Å². The molecular formula is C66H105NO10. The fourth-order valence-electron chi connectivity index (χ4n) is 8.21. The number of unbranched alkanes of at least 4 members (excludes halogenated alkanes) is 15. The molecule has 77 heavy (non-hydrogen) atoms. The number of hydrogen-bond acceptors (Lipinski definition) is 10. The maximum absolute atomic E-state index is 13.4. The highest BCUT2D eigenvalue weighted by Crippen LogP contribution is 2.26. The van der Waals surface area contributed by atoms with Crippen LogP contribution in [0.3, 0.4) is 0 Å². The molecule has 0 aromatic heterocycles. The second kappa shape index (κ2) is 52.3. The van der Waals surface area contributed by atoms with Gasteiger partial charge in [-0.1, -0.05) is 237 Å². The molecule has 1 heterocycles. The van der Waals surface area contributed by atoms with Crippen molar-refractivity contribution in [2.45, 2.75) is 243 Å². The molecule has 0 radical (unpaired) electrons. The van der Waals surface area contributed by atoms with Crippen LogP contribution in [0.15, 0.2) is 146 Å². The van der Waals surface area contributed by atoms with Gasteiger partial charge in [0, 0.05) is 6.42 Å². The third kappa shape index (κ3) is 40.4. The summed E-state index contributed by atoms with van der Waals surface area (Å²) in [5, 5.41) is 56.8. The van der Waals surface area contributed by atoms with Gasteiger partial charge in [0.25, 0.3) is 0 Å². The third-order valence-corrected chi connectivity index (χ3v) is 12.9. The van der Waals surface area contributed by atoms with Crippen LogP contribution in [0.1, 0.15) is 194 Å². The second-order valence-electron chi connectivity index (χ2n) is 19.7. The Labute approximate surface area is 466 Å². The highest BCUT2D eigenvalue weighted by molar-refractivity contribution is 5.80. The number of carbonyl (C=O) groups is 2. The molecule has 0 saturated carbocycles. The normalized spacial score (nSPS) is 20.1. The Morgan fingerprint density at radius 1 is 0.532 bits per heavy atom. The Morgan fingerprint density at radius 2 is 1.00 bits per heavy atom. The lowest BCUT2D eigenvalue weighted by molar-refractivity contribution is -0.305. The lowest BCUT2D eigenvalue weighted by Gasteiger charge is -2.41. The van der Waals surface area contributed by atoms with E-state index in [1.54, 1.807) is 6.08 Å². The van der Waals surface area contributed by atoms with Crippen LogP contribution in [0.25, 0.3) is 0 Å². The molecule has 1 aliphatic rings. The van der Waals surface area contributed by atoms with E-state index >= 15 is 0 Å². The predicted molar refractivity (Wildman–Crippen MR) is 319 cm³/mol. The average molecular weight is 1070 g/mol. The van der Waals surface area contributed by atoms with E-state index in [1.165, 1.54) is 51.4 Å². The lowest BCUT2D eigenvalue weighted by Crippen LogP contribution is -2.61. The number of carbonyl (C=O) groups excluding carboxylic acids is 2. The number of ether oxygens (including phenoxy) is 3. The van der Waals surface area contributed by atoms with Gasteiger partial charge in [-0.05, 0) is 96.3 Å². The summed E-state index contributed by atoms with van der Waals surface area (Å²) in [6.45, 7) is 5.45. The Hall–Kier alpha value is -4.46. The highest BCUT2D eigenvalue weighted by atomic mass is 16.7. The minimum absolute atomic E-state index is 0.0597. The van der Waals surface area contributed by atoms with Gasteiger partial charge in [-0.15, -0.1) is 0 Å². The first-order valence-corrected chi connectivity index (χ1v) is 29.7. The van der Waals surface area contributed by atoms with Crippen LogP contribution in [-0.2, 0) is 23.8 Å². The summed E-state index contributed by atoms with van der Waals surface area (Å²) >= 11 is 0. The molecule has 1 aliphatic heterocycles. The van der Waals surface area contributed by atoms with Crippen molar-refractivity contribution in [2.75, 3.05) is 13.2 Å². The molecule has 1 rings (SSSR count). The molecule has 0 aromatic rings. The van der Waals surface area contributed by atoms with E-state index in [0.29, 0.717) is 19.3 Å². The van der Waals surface area contributed by atoms with E-state index < -0.39 is 67.4 Å². The first-order chi connectivity index (χ1) is 37.7. The number of nitrogens with one attached hydrogen (secondary N) is 1. The van der Waals surface area contributed by atoms with Crippen molar-refractivity contribution in [1.82, 2.24) is 5.32 Å². The molecule has 6 N–H and O–H groups in total. The smallest absolute Gasteiger partial charge is 0.306 e. The Kier molecular flexibility index (Phi) is 47.9. The standard InChI is InChI=1S/C66H105NO10/c1-4-7-10-13-16-19-22-25-27-28-29-30-31-33-35-38-41-44-47-50-53-59(70)65(74)67-57(58(69)52-49-46-43-40-37-34-24-21-18-15-12-9-6-3)56-75-66-64(63(73)62(72)60(55-68)76-66)77-61(71)54-51-48-45-42-39-36-32-26-23-20-17-14-11-8-5-2/h7-8,10-11,14,16-17,19-20,23,25-27,29-30,32-33,35-36,39,41,44,49,52,57-60,62-64,66,68-70,72-73H,4-6,9,12-13,15,18,21-22,24,28,31,34,37-38,40,42-43,45-48,50-51,53-56H2,1-3H3,(H,67,74)/b10-7-,11-8+,17-14+,19-16-,23-20-,27-25-,30-29-,32-26-,35-33-,39-36+,44-41-,52-49+. The quantitative estimate of drug-likeness (QED) is 0.0149. The van der Waals surface area contributed by atoms with Crippen molar-refractivity contribution in [3.8, 4) is 0 Å². The third-order valence-electron chi connectivity index (χ3n) is 12.9. The fraction of sp³-hybridized carbons (Fsp3) is 0.606. The summed E-state index contributed by atoms with van der Waals surface area (Å²) in [6, 6.07) is -1.07. The van der Waals surface area contributed by atoms with E-state index in [-0.39, 0.29) is 19.4 Å². The molecule has 11 heteroatoms. The molecule has 1 amide bonds. The van der Waals surface area contributed by atoms with Gasteiger partial charge in [0.05, 0.1) is 25.4 Å². The van der Waals surface area contributed by atoms with Crippen LogP contribution in [0.2, 0.25) is 0 Å². The molecule has 8 unspecified atom stereocenters. The highest BCUT2D eigenvalue weighted by Gasteiger charge is 2.47. The molecule has 434 valence electrons. The van der Waals surface area contributed by atoms with Gasteiger partial charge in [-0.3, -0.25) is 9.59 Å². The van der Waals surface area contributed by atoms with Crippen LogP contribution in [0.4, 0.5) is 0 Å². The zero-order chi connectivity index (χ0) is 56.1. The molecule has 11 nitrogen and oxygen atoms in total. The summed E-state index contributed by atoms with van der Waals surface area (Å²) in [5.41, 5.74) is 0. The summed E-state index contributed by atoms with van der Waals surface area (Å²) in [5.74, 6) is -1.30. The SMILES string of the molecule is CC/C=C\C/C=C\C/C=C\C/C=C\C/C=C\C/C=C\CCCC(O)C(=O)NC(COC1OC(CO)C(O)C(O)C1OC(=O)CCCCC/C=C/C=C\C=C/C=C/C=C/CC)C(O)/C=C/CCCCCCCCCCCCC. The number of allylic oxidation sites excluding steroid dienone is 23. The van der Waals surface area contributed by atoms with E-state index in [9.17, 15) is 35.1 Å². The summed E-state index contributed by atoms with van der Waals surface area (Å²) < 4.78 is 17.5. The van der Waals surface area contributed by atoms with Crippen molar-refractivity contribution in [2.24, 2.45) is 0 Å². The molecule has 1 fully saturated rings. The Bertz CT molecular complexity index is 1800. The molecule has 0 spiro atoms. The van der Waals surface area contributed by atoms with Gasteiger partial charge >= 0.3 is 5.97 Å². The molecule has 0 aliphatic carbocycles. The lowest BCUT2D eigenvalue weighted by atomic mass is 9.99. The van der Waals surface area contributed by atoms with Gasteiger partial charge in [-0.25, -0.2) is 0 Å². The van der Waals surface area contributed by atoms with Crippen molar-refractivity contribution >= 4 is 11.9 Å². The first-order valence-electron chi connectivity index (χ1n) is 29.7. The van der Waals surface area contributed by atoms with Gasteiger partial charge in [0.2, 0.25) is 5.91 Å². The van der Waals surface area contributed by atoms with Crippen LogP contribution in [-0.4, -0.2) is 99.6 Å². The van der Waals surface area contributed by atoms with Crippen LogP contribution >= 0.6 is 0 Å². The van der Waals surface area contributed by atoms with E-state index in [2.05, 4.69) is 105 Å². The predicted octanol–water partition coefficient (Wildman–Crippen LogP) is 13.8. The summed E-state index contributed by atoms with van der Waals surface area (Å²) in [4.78, 5) is 26.5. The zero-order valence-electron chi connectivity index (χ0n) is 47.8. The van der Waals surface area contributed by atoms with Gasteiger partial charge in [-0.2, -0.15) is 0 Å². The van der Waals surface area contributed by atoms with Crippen LogP contribution in [0, 0.1) is 0 Å². The Balaban J connectivity index is 2.80. The first kappa shape index (κ1) is 70.6. The molecule has 0 aromatic carbocycles. The van der Waals surface area contributed by atoms with Gasteiger partial charge in [0.1, 0.15) is 24.4 Å². The number of hydrogen-bond donors (Lipinski definition) is 6. The minimum atomic E-state index is -1.65. The number of aliphatic hydroxyl groups excluding tert-OH is 5. The van der Waals surface area contributed by atoms with E-state index in [4.69, 9.17) is 14.2 Å². The van der Waals surface area contributed by atoms with Gasteiger partial charge < -0.3 is 45.1 Å². The number of esters is 1. The zero-order valence-corrected chi connectivity index (χ0v) is 47.8. The molecule has 8 atom stereocenters. The van der Waals surface area contributed by atoms with Crippen LogP contribution < -0.4 is 5.32 Å². The van der Waals surface area contributed by atoms with Crippen molar-refractivity contribution in [3.63, 3.8) is 0 Å². The molecular weight excluding hydrogens is 967 g/mol.